The lowest BCUT2D eigenvalue weighted by molar-refractivity contribution is 0.192. The number of likely N-dealkylation sites (N-methyl/N-ethyl adjacent to an activating group) is 1. The Morgan fingerprint density at radius 1 is 1.24 bits per heavy atom. The SMILES string of the molecule is CCc1nc2sc(N3CCC[C@@H](N(C)C(N)=O)C3)nn2c1N(C)c1nc(-c2ccc(C)cc2)c(C#N)s1. The number of nitrogens with zero attached hydrogens (tertiary/aromatic N) is 8. The fraction of sp³-hybridized carbons (Fsp3) is 0.400. The molecule has 1 fully saturated rings. The van der Waals surface area contributed by atoms with Crippen molar-refractivity contribution >= 4 is 49.7 Å². The van der Waals surface area contributed by atoms with Crippen LogP contribution in [0.3, 0.4) is 0 Å². The van der Waals surface area contributed by atoms with Crippen LogP contribution >= 0.6 is 22.7 Å². The van der Waals surface area contributed by atoms with E-state index in [1.165, 1.54) is 22.7 Å². The molecule has 4 heterocycles. The molecule has 1 aliphatic heterocycles. The first-order valence-electron chi connectivity index (χ1n) is 12.2. The van der Waals surface area contributed by atoms with E-state index in [4.69, 9.17) is 20.8 Å². The highest BCUT2D eigenvalue weighted by molar-refractivity contribution is 7.20. The number of aryl methyl sites for hydroxylation is 2. The molecule has 12 heteroatoms. The molecule has 2 amide bonds. The summed E-state index contributed by atoms with van der Waals surface area (Å²) in [4.78, 5) is 28.6. The van der Waals surface area contributed by atoms with Crippen molar-refractivity contribution in [2.75, 3.05) is 37.0 Å². The van der Waals surface area contributed by atoms with Crippen LogP contribution in [0.1, 0.15) is 35.9 Å². The minimum Gasteiger partial charge on any atom is -0.351 e. The summed E-state index contributed by atoms with van der Waals surface area (Å²) in [6.45, 7) is 5.65. The summed E-state index contributed by atoms with van der Waals surface area (Å²) in [7, 11) is 3.69. The van der Waals surface area contributed by atoms with Crippen LogP contribution in [0.2, 0.25) is 0 Å². The van der Waals surface area contributed by atoms with Gasteiger partial charge in [-0.3, -0.25) is 0 Å². The molecule has 5 rings (SSSR count). The molecule has 0 saturated carbocycles. The van der Waals surface area contributed by atoms with Crippen LogP contribution in [0, 0.1) is 18.3 Å². The van der Waals surface area contributed by atoms with Crippen LogP contribution in [0.25, 0.3) is 16.2 Å². The topological polar surface area (TPSA) is 120 Å². The number of fused-ring (bicyclic) bond motifs is 1. The number of primary amides is 1. The van der Waals surface area contributed by atoms with Gasteiger partial charge < -0.3 is 20.4 Å². The lowest BCUT2D eigenvalue weighted by Crippen LogP contribution is -2.50. The molecule has 10 nitrogen and oxygen atoms in total. The highest BCUT2D eigenvalue weighted by Crippen LogP contribution is 2.38. The van der Waals surface area contributed by atoms with Gasteiger partial charge >= 0.3 is 6.03 Å². The largest absolute Gasteiger partial charge is 0.351 e. The van der Waals surface area contributed by atoms with Crippen LogP contribution in [0.5, 0.6) is 0 Å². The van der Waals surface area contributed by atoms with Gasteiger partial charge in [-0.15, -0.1) is 5.10 Å². The molecule has 3 aromatic heterocycles. The second-order valence-electron chi connectivity index (χ2n) is 9.22. The third-order valence-electron chi connectivity index (χ3n) is 6.78. The molecule has 0 spiro atoms. The first-order chi connectivity index (χ1) is 17.8. The van der Waals surface area contributed by atoms with E-state index in [-0.39, 0.29) is 6.04 Å². The highest BCUT2D eigenvalue weighted by Gasteiger charge is 2.29. The molecule has 1 aromatic carbocycles. The van der Waals surface area contributed by atoms with Crippen molar-refractivity contribution in [2.45, 2.75) is 39.2 Å². The summed E-state index contributed by atoms with van der Waals surface area (Å²) in [5, 5.41) is 16.3. The number of imidazole rings is 1. The number of thiazole rings is 1. The standard InChI is InChI=1S/C25H29N9OS2/c1-5-18-21(32(4)23-29-20(19(13-26)36-23)16-10-8-15(2)9-11-16)34-24(28-18)37-25(30-34)33-12-6-7-17(14-33)31(3)22(27)35/h8-11,17H,5-7,12,14H2,1-4H3,(H2,27,35)/t17-/m1/s1. The Kier molecular flexibility index (Phi) is 6.74. The number of nitriles is 1. The van der Waals surface area contributed by atoms with Crippen molar-refractivity contribution in [1.29, 1.82) is 5.26 Å². The van der Waals surface area contributed by atoms with Crippen LogP contribution in [-0.4, -0.2) is 63.7 Å². The Bertz CT molecular complexity index is 1480. The molecule has 2 N–H and O–H groups in total. The van der Waals surface area contributed by atoms with Gasteiger partial charge in [0.25, 0.3) is 0 Å². The van der Waals surface area contributed by atoms with Crippen molar-refractivity contribution in [3.05, 3.63) is 40.4 Å². The predicted molar refractivity (Wildman–Crippen MR) is 148 cm³/mol. The van der Waals surface area contributed by atoms with E-state index in [1.807, 2.05) is 47.7 Å². The van der Waals surface area contributed by atoms with Gasteiger partial charge in [0, 0.05) is 32.7 Å². The smallest absolute Gasteiger partial charge is 0.314 e. The Morgan fingerprint density at radius 3 is 2.68 bits per heavy atom. The first-order valence-corrected chi connectivity index (χ1v) is 13.8. The number of urea groups is 1. The second kappa shape index (κ2) is 9.99. The Hall–Kier alpha value is -3.69. The molecule has 1 atom stereocenters. The van der Waals surface area contributed by atoms with Gasteiger partial charge in [-0.2, -0.15) is 9.78 Å². The molecule has 1 saturated heterocycles. The fourth-order valence-corrected chi connectivity index (χ4v) is 6.42. The zero-order valence-corrected chi connectivity index (χ0v) is 22.9. The Labute approximate surface area is 223 Å². The van der Waals surface area contributed by atoms with Crippen molar-refractivity contribution in [2.24, 2.45) is 5.73 Å². The number of nitrogens with two attached hydrogens (primary N) is 1. The summed E-state index contributed by atoms with van der Waals surface area (Å²) in [5.74, 6) is 0.844. The highest BCUT2D eigenvalue weighted by atomic mass is 32.1. The van der Waals surface area contributed by atoms with Gasteiger partial charge in [0.05, 0.1) is 11.7 Å². The van der Waals surface area contributed by atoms with E-state index in [0.29, 0.717) is 22.2 Å². The molecule has 0 aliphatic carbocycles. The molecule has 0 radical (unpaired) electrons. The van der Waals surface area contributed by atoms with Gasteiger partial charge in [0.15, 0.2) is 10.9 Å². The number of hydrogen-bond donors (Lipinski definition) is 1. The van der Waals surface area contributed by atoms with E-state index in [2.05, 4.69) is 17.9 Å². The third kappa shape index (κ3) is 4.60. The van der Waals surface area contributed by atoms with Crippen molar-refractivity contribution in [3.8, 4) is 17.3 Å². The average Bonchev–Trinajstić information content (AvgIpc) is 3.61. The predicted octanol–water partition coefficient (Wildman–Crippen LogP) is 4.40. The van der Waals surface area contributed by atoms with Gasteiger partial charge in [-0.05, 0) is 26.2 Å². The average molecular weight is 536 g/mol. The van der Waals surface area contributed by atoms with Gasteiger partial charge in [-0.1, -0.05) is 59.4 Å². The van der Waals surface area contributed by atoms with Gasteiger partial charge in [0.2, 0.25) is 10.1 Å². The van der Waals surface area contributed by atoms with Crippen LogP contribution < -0.4 is 15.5 Å². The maximum atomic E-state index is 11.7. The second-order valence-corrected chi connectivity index (χ2v) is 11.1. The fourth-order valence-electron chi connectivity index (χ4n) is 4.62. The number of piperidine rings is 1. The number of carbonyl (C=O) groups excluding carboxylic acids is 1. The number of benzene rings is 1. The lowest BCUT2D eigenvalue weighted by atomic mass is 10.1. The zero-order chi connectivity index (χ0) is 26.3. The Morgan fingerprint density at radius 2 is 2.00 bits per heavy atom. The van der Waals surface area contributed by atoms with Crippen LogP contribution in [0.4, 0.5) is 20.9 Å². The minimum absolute atomic E-state index is 0.0516. The van der Waals surface area contributed by atoms with Gasteiger partial charge in [0.1, 0.15) is 16.6 Å². The summed E-state index contributed by atoms with van der Waals surface area (Å²) >= 11 is 2.90. The van der Waals surface area contributed by atoms with Crippen LogP contribution in [-0.2, 0) is 6.42 Å². The van der Waals surface area contributed by atoms with E-state index < -0.39 is 6.03 Å². The number of carbonyl (C=O) groups is 1. The summed E-state index contributed by atoms with van der Waals surface area (Å²) in [6, 6.07) is 10.00. The quantitative estimate of drug-likeness (QED) is 0.388. The number of aromatic nitrogens is 4. The number of rotatable bonds is 6. The van der Waals surface area contributed by atoms with E-state index in [0.717, 1.165) is 58.5 Å². The van der Waals surface area contributed by atoms with Crippen molar-refractivity contribution in [3.63, 3.8) is 0 Å². The molecular formula is C25H29N9OS2. The van der Waals surface area contributed by atoms with Crippen molar-refractivity contribution in [1.82, 2.24) is 24.5 Å². The molecule has 192 valence electrons. The molecule has 1 aliphatic rings. The molecule has 0 bridgehead atoms. The van der Waals surface area contributed by atoms with E-state index in [1.54, 1.807) is 11.9 Å². The maximum absolute atomic E-state index is 11.7. The summed E-state index contributed by atoms with van der Waals surface area (Å²) in [6.07, 6.45) is 2.61. The number of amides is 2. The molecule has 4 aromatic rings. The monoisotopic (exact) mass is 535 g/mol. The number of hydrogen-bond acceptors (Lipinski definition) is 9. The minimum atomic E-state index is -0.414. The van der Waals surface area contributed by atoms with Crippen LogP contribution in [0.15, 0.2) is 24.3 Å². The third-order valence-corrected chi connectivity index (χ3v) is 8.79. The van der Waals surface area contributed by atoms with Crippen molar-refractivity contribution < 1.29 is 4.79 Å². The normalized spacial score (nSPS) is 15.6. The van der Waals surface area contributed by atoms with E-state index >= 15 is 0 Å². The first kappa shape index (κ1) is 25.0. The molecular weight excluding hydrogens is 506 g/mol. The van der Waals surface area contributed by atoms with Gasteiger partial charge in [-0.25, -0.2) is 14.8 Å². The number of anilines is 3. The maximum Gasteiger partial charge on any atom is 0.314 e. The lowest BCUT2D eigenvalue weighted by Gasteiger charge is -2.36. The molecule has 37 heavy (non-hydrogen) atoms. The van der Waals surface area contributed by atoms with E-state index in [9.17, 15) is 10.1 Å². The zero-order valence-electron chi connectivity index (χ0n) is 21.3. The Balaban J connectivity index is 1.49. The summed E-state index contributed by atoms with van der Waals surface area (Å²) in [5.41, 5.74) is 9.20. The summed E-state index contributed by atoms with van der Waals surface area (Å²) < 4.78 is 1.87. The molecule has 0 unspecified atom stereocenters.